The van der Waals surface area contributed by atoms with Gasteiger partial charge in [0.1, 0.15) is 6.54 Å². The molecular formula is C18H16ClN3O. The minimum Gasteiger partial charge on any atom is -0.344 e. The van der Waals surface area contributed by atoms with Gasteiger partial charge in [0.2, 0.25) is 5.91 Å². The summed E-state index contributed by atoms with van der Waals surface area (Å²) in [5.74, 6) is -0.0770. The number of rotatable bonds is 5. The molecule has 0 aliphatic heterocycles. The summed E-state index contributed by atoms with van der Waals surface area (Å²) in [6.07, 6.45) is 5.04. The van der Waals surface area contributed by atoms with Crippen molar-refractivity contribution in [3.8, 4) is 0 Å². The van der Waals surface area contributed by atoms with Crippen LogP contribution in [0.4, 0.5) is 0 Å². The van der Waals surface area contributed by atoms with E-state index in [-0.39, 0.29) is 18.5 Å². The molecule has 1 N–H and O–H groups in total. The minimum absolute atomic E-state index is 0.0770. The SMILES string of the molecule is O=C(Cn1ccnc1)NC(c1ccccc1)c1ccc(Cl)cc1. The Morgan fingerprint density at radius 1 is 1.09 bits per heavy atom. The highest BCUT2D eigenvalue weighted by Crippen LogP contribution is 2.23. The van der Waals surface area contributed by atoms with Crippen molar-refractivity contribution in [1.29, 1.82) is 0 Å². The fourth-order valence-electron chi connectivity index (χ4n) is 2.41. The second kappa shape index (κ2) is 7.11. The van der Waals surface area contributed by atoms with Crippen molar-refractivity contribution >= 4 is 17.5 Å². The van der Waals surface area contributed by atoms with Crippen LogP contribution in [0.2, 0.25) is 5.02 Å². The molecule has 0 fully saturated rings. The number of halogens is 1. The van der Waals surface area contributed by atoms with E-state index in [1.807, 2.05) is 54.6 Å². The Morgan fingerprint density at radius 2 is 1.78 bits per heavy atom. The van der Waals surface area contributed by atoms with Crippen LogP contribution in [-0.2, 0) is 11.3 Å². The summed E-state index contributed by atoms with van der Waals surface area (Å²) in [5.41, 5.74) is 2.01. The zero-order valence-corrected chi connectivity index (χ0v) is 13.1. The number of nitrogens with one attached hydrogen (secondary N) is 1. The van der Waals surface area contributed by atoms with Gasteiger partial charge in [-0.3, -0.25) is 4.79 Å². The third-order valence-corrected chi connectivity index (χ3v) is 3.78. The first-order chi connectivity index (χ1) is 11.2. The number of aromatic nitrogens is 2. The first kappa shape index (κ1) is 15.3. The molecule has 2 aromatic carbocycles. The van der Waals surface area contributed by atoms with E-state index < -0.39 is 0 Å². The van der Waals surface area contributed by atoms with Gasteiger partial charge in [-0.15, -0.1) is 0 Å². The monoisotopic (exact) mass is 325 g/mol. The van der Waals surface area contributed by atoms with E-state index in [2.05, 4.69) is 10.3 Å². The van der Waals surface area contributed by atoms with E-state index in [9.17, 15) is 4.79 Å². The summed E-state index contributed by atoms with van der Waals surface area (Å²) in [6, 6.07) is 17.2. The lowest BCUT2D eigenvalue weighted by molar-refractivity contribution is -0.122. The van der Waals surface area contributed by atoms with Crippen LogP contribution in [0.15, 0.2) is 73.3 Å². The molecule has 23 heavy (non-hydrogen) atoms. The lowest BCUT2D eigenvalue weighted by Gasteiger charge is -2.20. The molecule has 1 heterocycles. The fourth-order valence-corrected chi connectivity index (χ4v) is 2.54. The van der Waals surface area contributed by atoms with Crippen molar-refractivity contribution in [2.24, 2.45) is 0 Å². The van der Waals surface area contributed by atoms with Crippen LogP contribution in [0, 0.1) is 0 Å². The maximum atomic E-state index is 12.3. The van der Waals surface area contributed by atoms with Crippen molar-refractivity contribution in [3.05, 3.63) is 89.5 Å². The lowest BCUT2D eigenvalue weighted by atomic mass is 9.98. The third-order valence-electron chi connectivity index (χ3n) is 3.53. The van der Waals surface area contributed by atoms with Crippen LogP contribution in [-0.4, -0.2) is 15.5 Å². The number of hydrogen-bond acceptors (Lipinski definition) is 2. The fraction of sp³-hybridized carbons (Fsp3) is 0.111. The summed E-state index contributed by atoms with van der Waals surface area (Å²) >= 11 is 5.97. The van der Waals surface area contributed by atoms with Crippen LogP contribution >= 0.6 is 11.6 Å². The first-order valence-corrected chi connectivity index (χ1v) is 7.66. The van der Waals surface area contributed by atoms with E-state index in [0.29, 0.717) is 5.02 Å². The Bertz CT molecular complexity index is 755. The highest BCUT2D eigenvalue weighted by Gasteiger charge is 2.16. The normalized spacial score (nSPS) is 11.9. The van der Waals surface area contributed by atoms with Gasteiger partial charge in [-0.25, -0.2) is 4.98 Å². The van der Waals surface area contributed by atoms with E-state index in [1.54, 1.807) is 23.3 Å². The summed E-state index contributed by atoms with van der Waals surface area (Å²) in [6.45, 7) is 0.233. The molecule has 0 aliphatic rings. The molecule has 5 heteroatoms. The van der Waals surface area contributed by atoms with Crippen LogP contribution in [0.1, 0.15) is 17.2 Å². The Morgan fingerprint density at radius 3 is 2.43 bits per heavy atom. The number of benzene rings is 2. The number of nitrogens with zero attached hydrogens (tertiary/aromatic N) is 2. The molecule has 0 saturated heterocycles. The van der Waals surface area contributed by atoms with Gasteiger partial charge in [0.05, 0.1) is 12.4 Å². The first-order valence-electron chi connectivity index (χ1n) is 7.28. The molecule has 0 spiro atoms. The molecule has 116 valence electrons. The zero-order valence-electron chi connectivity index (χ0n) is 12.4. The Hall–Kier alpha value is -2.59. The van der Waals surface area contributed by atoms with Crippen molar-refractivity contribution in [1.82, 2.24) is 14.9 Å². The van der Waals surface area contributed by atoms with E-state index >= 15 is 0 Å². The smallest absolute Gasteiger partial charge is 0.240 e. The second-order valence-electron chi connectivity index (χ2n) is 5.20. The maximum absolute atomic E-state index is 12.3. The number of hydrogen-bond donors (Lipinski definition) is 1. The number of carbonyl (C=O) groups excluding carboxylic acids is 1. The molecule has 0 aliphatic carbocycles. The quantitative estimate of drug-likeness (QED) is 0.781. The van der Waals surface area contributed by atoms with E-state index in [0.717, 1.165) is 11.1 Å². The molecular weight excluding hydrogens is 310 g/mol. The van der Waals surface area contributed by atoms with Gasteiger partial charge in [0, 0.05) is 17.4 Å². The van der Waals surface area contributed by atoms with Gasteiger partial charge in [-0.2, -0.15) is 0 Å². The Labute approximate surface area is 139 Å². The minimum atomic E-state index is -0.218. The van der Waals surface area contributed by atoms with E-state index in [4.69, 9.17) is 11.6 Å². The standard InChI is InChI=1S/C18H16ClN3O/c19-16-8-6-15(7-9-16)18(14-4-2-1-3-5-14)21-17(23)12-22-11-10-20-13-22/h1-11,13,18H,12H2,(H,21,23). The molecule has 0 radical (unpaired) electrons. The Kier molecular flexibility index (Phi) is 4.74. The van der Waals surface area contributed by atoms with Crippen LogP contribution in [0.3, 0.4) is 0 Å². The molecule has 3 aromatic rings. The summed E-state index contributed by atoms with van der Waals surface area (Å²) in [7, 11) is 0. The van der Waals surface area contributed by atoms with Crippen molar-refractivity contribution in [2.45, 2.75) is 12.6 Å². The summed E-state index contributed by atoms with van der Waals surface area (Å²) in [4.78, 5) is 16.3. The maximum Gasteiger partial charge on any atom is 0.240 e. The largest absolute Gasteiger partial charge is 0.344 e. The molecule has 1 unspecified atom stereocenters. The van der Waals surface area contributed by atoms with Crippen LogP contribution < -0.4 is 5.32 Å². The molecule has 0 bridgehead atoms. The molecule has 4 nitrogen and oxygen atoms in total. The summed E-state index contributed by atoms with van der Waals surface area (Å²) in [5, 5.41) is 3.75. The van der Waals surface area contributed by atoms with Gasteiger partial charge in [-0.05, 0) is 23.3 Å². The van der Waals surface area contributed by atoms with Gasteiger partial charge in [0.15, 0.2) is 0 Å². The van der Waals surface area contributed by atoms with E-state index in [1.165, 1.54) is 0 Å². The van der Waals surface area contributed by atoms with Gasteiger partial charge < -0.3 is 9.88 Å². The van der Waals surface area contributed by atoms with Crippen molar-refractivity contribution in [2.75, 3.05) is 0 Å². The molecule has 0 saturated carbocycles. The predicted molar refractivity (Wildman–Crippen MR) is 90.1 cm³/mol. The number of amides is 1. The van der Waals surface area contributed by atoms with Crippen LogP contribution in [0.25, 0.3) is 0 Å². The topological polar surface area (TPSA) is 46.9 Å². The average molecular weight is 326 g/mol. The molecule has 1 atom stereocenters. The average Bonchev–Trinajstić information content (AvgIpc) is 3.07. The zero-order chi connectivity index (χ0) is 16.1. The highest BCUT2D eigenvalue weighted by molar-refractivity contribution is 6.30. The molecule has 3 rings (SSSR count). The number of imidazole rings is 1. The van der Waals surface area contributed by atoms with Crippen molar-refractivity contribution < 1.29 is 4.79 Å². The second-order valence-corrected chi connectivity index (χ2v) is 5.63. The van der Waals surface area contributed by atoms with Crippen LogP contribution in [0.5, 0.6) is 0 Å². The number of carbonyl (C=O) groups is 1. The van der Waals surface area contributed by atoms with Gasteiger partial charge >= 0.3 is 0 Å². The van der Waals surface area contributed by atoms with Gasteiger partial charge in [0.25, 0.3) is 0 Å². The lowest BCUT2D eigenvalue weighted by Crippen LogP contribution is -2.32. The van der Waals surface area contributed by atoms with Gasteiger partial charge in [-0.1, -0.05) is 54.1 Å². The molecule has 1 amide bonds. The highest BCUT2D eigenvalue weighted by atomic mass is 35.5. The van der Waals surface area contributed by atoms with Crippen molar-refractivity contribution in [3.63, 3.8) is 0 Å². The predicted octanol–water partition coefficient (Wildman–Crippen LogP) is 3.44. The molecule has 1 aromatic heterocycles. The summed E-state index contributed by atoms with van der Waals surface area (Å²) < 4.78 is 1.74. The third kappa shape index (κ3) is 3.99. The Balaban J connectivity index is 1.83.